The molecule has 1 aromatic carbocycles. The van der Waals surface area contributed by atoms with Crippen molar-refractivity contribution < 1.29 is 9.21 Å². The van der Waals surface area contributed by atoms with E-state index in [4.69, 9.17) is 10.2 Å². The summed E-state index contributed by atoms with van der Waals surface area (Å²) in [5, 5.41) is 11.4. The second-order valence-corrected chi connectivity index (χ2v) is 7.11. The van der Waals surface area contributed by atoms with Crippen LogP contribution >= 0.6 is 11.3 Å². The van der Waals surface area contributed by atoms with Crippen molar-refractivity contribution in [3.8, 4) is 10.8 Å². The number of furan rings is 1. The Morgan fingerprint density at radius 3 is 2.90 bits per heavy atom. The first kappa shape index (κ1) is 18.8. The molecule has 10 nitrogen and oxygen atoms in total. The molecule has 0 radical (unpaired) electrons. The van der Waals surface area contributed by atoms with Crippen molar-refractivity contribution in [1.82, 2.24) is 19.7 Å². The number of carbonyl (C=O) groups is 1. The van der Waals surface area contributed by atoms with Crippen LogP contribution in [0, 0.1) is 0 Å². The molecule has 148 valence electrons. The Labute approximate surface area is 167 Å². The molecule has 0 unspecified atom stereocenters. The lowest BCUT2D eigenvalue weighted by Crippen LogP contribution is -2.36. The summed E-state index contributed by atoms with van der Waals surface area (Å²) in [7, 11) is 0. The fraction of sp³-hybridized carbons (Fsp3) is 0.167. The second kappa shape index (κ2) is 7.81. The molecule has 0 bridgehead atoms. The molecular weight excluding hydrogens is 396 g/mol. The number of hydrogen-bond donors (Lipinski definition) is 3. The third kappa shape index (κ3) is 3.73. The van der Waals surface area contributed by atoms with Crippen LogP contribution in [-0.2, 0) is 6.54 Å². The summed E-state index contributed by atoms with van der Waals surface area (Å²) in [6.07, 6.45) is 2.08. The van der Waals surface area contributed by atoms with Gasteiger partial charge in [0.2, 0.25) is 5.13 Å². The maximum absolute atomic E-state index is 12.6. The minimum atomic E-state index is -0.751. The summed E-state index contributed by atoms with van der Waals surface area (Å²) in [4.78, 5) is 39.2. The smallest absolute Gasteiger partial charge is 0.316 e. The predicted octanol–water partition coefficient (Wildman–Crippen LogP) is 1.40. The number of carbonyl (C=O) groups excluding carboxylic acids is 1. The summed E-state index contributed by atoms with van der Waals surface area (Å²) >= 11 is 1.17. The first-order chi connectivity index (χ1) is 14.1. The monoisotopic (exact) mass is 412 g/mol. The van der Waals surface area contributed by atoms with Gasteiger partial charge in [-0.05, 0) is 43.3 Å². The summed E-state index contributed by atoms with van der Waals surface area (Å²) in [6, 6.07) is 8.18. The van der Waals surface area contributed by atoms with E-state index in [9.17, 15) is 14.4 Å². The number of aromatic nitrogens is 4. The third-order valence-electron chi connectivity index (χ3n) is 4.20. The van der Waals surface area contributed by atoms with E-state index in [1.807, 2.05) is 0 Å². The van der Waals surface area contributed by atoms with Crippen LogP contribution in [0.5, 0.6) is 0 Å². The number of nitrogens with zero attached hydrogens (tertiary/aromatic N) is 3. The average Bonchev–Trinajstić information content (AvgIpc) is 3.40. The zero-order chi connectivity index (χ0) is 20.4. The molecule has 4 rings (SSSR count). The number of nitrogens with two attached hydrogens (primary N) is 1. The lowest BCUT2D eigenvalue weighted by atomic mass is 10.1. The standard InChI is InChI=1S/C18H16N6O4S/c19-6-2-7-24-12-5-4-10(9-11(12)20-15(26)17(24)27)14(25)21-18-23-22-16(29-18)13-3-1-8-28-13/h1,3-5,8-9H,2,6-7,19H2,(H,20,26)(H,21,23,25). The molecule has 0 aliphatic carbocycles. The summed E-state index contributed by atoms with van der Waals surface area (Å²) < 4.78 is 6.62. The Hall–Kier alpha value is -3.57. The van der Waals surface area contributed by atoms with Crippen molar-refractivity contribution in [3.05, 3.63) is 62.9 Å². The van der Waals surface area contributed by atoms with Crippen molar-refractivity contribution >= 4 is 33.4 Å². The van der Waals surface area contributed by atoms with Crippen LogP contribution < -0.4 is 22.2 Å². The van der Waals surface area contributed by atoms with Crippen molar-refractivity contribution in [1.29, 1.82) is 0 Å². The first-order valence-electron chi connectivity index (χ1n) is 8.72. The lowest BCUT2D eigenvalue weighted by molar-refractivity contribution is 0.102. The number of benzene rings is 1. The number of nitrogens with one attached hydrogen (secondary N) is 2. The number of fused-ring (bicyclic) bond motifs is 1. The fourth-order valence-electron chi connectivity index (χ4n) is 2.83. The number of aromatic amines is 1. The van der Waals surface area contributed by atoms with Gasteiger partial charge < -0.3 is 19.7 Å². The maximum atomic E-state index is 12.6. The quantitative estimate of drug-likeness (QED) is 0.405. The Kier molecular flexibility index (Phi) is 5.06. The number of rotatable bonds is 6. The zero-order valence-electron chi connectivity index (χ0n) is 15.0. The van der Waals surface area contributed by atoms with Gasteiger partial charge in [0, 0.05) is 12.1 Å². The van der Waals surface area contributed by atoms with E-state index in [1.54, 1.807) is 24.3 Å². The Balaban J connectivity index is 1.62. The maximum Gasteiger partial charge on any atom is 0.316 e. The lowest BCUT2D eigenvalue weighted by Gasteiger charge is -2.10. The molecule has 0 saturated heterocycles. The molecule has 3 aromatic heterocycles. The largest absolute Gasteiger partial charge is 0.462 e. The number of hydrogen-bond acceptors (Lipinski definition) is 8. The van der Waals surface area contributed by atoms with Crippen LogP contribution in [0.15, 0.2) is 50.6 Å². The van der Waals surface area contributed by atoms with Gasteiger partial charge in [0.05, 0.1) is 17.3 Å². The zero-order valence-corrected chi connectivity index (χ0v) is 15.9. The Morgan fingerprint density at radius 1 is 1.28 bits per heavy atom. The van der Waals surface area contributed by atoms with Gasteiger partial charge in [-0.3, -0.25) is 19.7 Å². The second-order valence-electron chi connectivity index (χ2n) is 6.13. The highest BCUT2D eigenvalue weighted by molar-refractivity contribution is 7.18. The van der Waals surface area contributed by atoms with E-state index in [2.05, 4.69) is 20.5 Å². The topological polar surface area (TPSA) is 149 Å². The van der Waals surface area contributed by atoms with Crippen LogP contribution in [0.2, 0.25) is 0 Å². The molecule has 4 N–H and O–H groups in total. The predicted molar refractivity (Wildman–Crippen MR) is 108 cm³/mol. The molecule has 0 atom stereocenters. The Morgan fingerprint density at radius 2 is 2.14 bits per heavy atom. The van der Waals surface area contributed by atoms with E-state index < -0.39 is 17.0 Å². The molecule has 0 saturated carbocycles. The molecule has 11 heteroatoms. The van der Waals surface area contributed by atoms with Gasteiger partial charge >= 0.3 is 11.1 Å². The van der Waals surface area contributed by atoms with Gasteiger partial charge in [0.15, 0.2) is 10.8 Å². The highest BCUT2D eigenvalue weighted by Gasteiger charge is 2.14. The van der Waals surface area contributed by atoms with Crippen molar-refractivity contribution in [3.63, 3.8) is 0 Å². The van der Waals surface area contributed by atoms with E-state index in [1.165, 1.54) is 28.2 Å². The van der Waals surface area contributed by atoms with Crippen LogP contribution in [0.1, 0.15) is 16.8 Å². The minimum absolute atomic E-state index is 0.298. The van der Waals surface area contributed by atoms with E-state index in [0.29, 0.717) is 52.0 Å². The number of aryl methyl sites for hydroxylation is 1. The summed E-state index contributed by atoms with van der Waals surface area (Å²) in [6.45, 7) is 0.713. The van der Waals surface area contributed by atoms with Crippen molar-refractivity contribution in [2.45, 2.75) is 13.0 Å². The average molecular weight is 412 g/mol. The van der Waals surface area contributed by atoms with Gasteiger partial charge in [-0.1, -0.05) is 11.3 Å². The number of H-pyrrole nitrogens is 1. The van der Waals surface area contributed by atoms with Gasteiger partial charge in [-0.15, -0.1) is 10.2 Å². The number of anilines is 1. The van der Waals surface area contributed by atoms with Gasteiger partial charge in [-0.2, -0.15) is 0 Å². The number of amides is 1. The van der Waals surface area contributed by atoms with E-state index in [0.717, 1.165) is 0 Å². The van der Waals surface area contributed by atoms with Crippen LogP contribution in [-0.4, -0.2) is 32.2 Å². The Bertz CT molecular complexity index is 1290. The van der Waals surface area contributed by atoms with Crippen LogP contribution in [0.25, 0.3) is 21.8 Å². The molecule has 1 amide bonds. The van der Waals surface area contributed by atoms with E-state index >= 15 is 0 Å². The molecular formula is C18H16N6O4S. The summed E-state index contributed by atoms with van der Waals surface area (Å²) in [5.41, 5.74) is 5.31. The van der Waals surface area contributed by atoms with Crippen molar-refractivity contribution in [2.75, 3.05) is 11.9 Å². The molecule has 4 aromatic rings. The first-order valence-corrected chi connectivity index (χ1v) is 9.54. The van der Waals surface area contributed by atoms with Gasteiger partial charge in [0.25, 0.3) is 5.91 Å². The van der Waals surface area contributed by atoms with Crippen LogP contribution in [0.4, 0.5) is 5.13 Å². The third-order valence-corrected chi connectivity index (χ3v) is 5.05. The highest BCUT2D eigenvalue weighted by Crippen LogP contribution is 2.26. The molecule has 0 aliphatic rings. The summed E-state index contributed by atoms with van der Waals surface area (Å²) in [5.74, 6) is 0.135. The fourth-order valence-corrected chi connectivity index (χ4v) is 3.54. The van der Waals surface area contributed by atoms with Gasteiger partial charge in [-0.25, -0.2) is 0 Å². The van der Waals surface area contributed by atoms with Gasteiger partial charge in [0.1, 0.15) is 0 Å². The molecule has 0 aliphatic heterocycles. The normalized spacial score (nSPS) is 11.1. The molecule has 0 spiro atoms. The van der Waals surface area contributed by atoms with E-state index in [-0.39, 0.29) is 0 Å². The van der Waals surface area contributed by atoms with Crippen molar-refractivity contribution in [2.24, 2.45) is 5.73 Å². The molecule has 29 heavy (non-hydrogen) atoms. The SMILES string of the molecule is NCCCn1c(=O)c(=O)[nH]c2cc(C(=O)Nc3nnc(-c4ccco4)s3)ccc21. The van der Waals surface area contributed by atoms with Crippen LogP contribution in [0.3, 0.4) is 0 Å². The molecule has 0 fully saturated rings. The molecule has 3 heterocycles. The minimum Gasteiger partial charge on any atom is -0.462 e. The highest BCUT2D eigenvalue weighted by atomic mass is 32.1.